The summed E-state index contributed by atoms with van der Waals surface area (Å²) in [6.45, 7) is 1.57. The Hall–Kier alpha value is -3.44. The van der Waals surface area contributed by atoms with Crippen LogP contribution in [0.2, 0.25) is 0 Å². The van der Waals surface area contributed by atoms with E-state index in [2.05, 4.69) is 27.1 Å². The molecule has 1 unspecified atom stereocenters. The van der Waals surface area contributed by atoms with Gasteiger partial charge in [-0.25, -0.2) is 4.98 Å². The third-order valence-electron chi connectivity index (χ3n) is 3.27. The summed E-state index contributed by atoms with van der Waals surface area (Å²) in [6, 6.07) is 6.61. The summed E-state index contributed by atoms with van der Waals surface area (Å²) in [4.78, 5) is 21.4. The zero-order valence-electron chi connectivity index (χ0n) is 14.7. The summed E-state index contributed by atoms with van der Waals surface area (Å²) in [5, 5.41) is 20.6. The first-order valence-electron chi connectivity index (χ1n) is 7.77. The molecule has 0 radical (unpaired) electrons. The molecular weight excluding hydrogens is 332 g/mol. The molecule has 1 atom stereocenters. The van der Waals surface area contributed by atoms with Gasteiger partial charge in [-0.15, -0.1) is 0 Å². The molecule has 0 aliphatic heterocycles. The number of carbonyl (C=O) groups excluding carboxylic acids is 1. The van der Waals surface area contributed by atoms with E-state index in [4.69, 9.17) is 11.1 Å². The summed E-state index contributed by atoms with van der Waals surface area (Å²) in [5.41, 5.74) is 6.90. The number of carbonyl (C=O) groups is 1. The van der Waals surface area contributed by atoms with Crippen LogP contribution in [0.1, 0.15) is 18.1 Å². The second kappa shape index (κ2) is 8.09. The highest BCUT2D eigenvalue weighted by Crippen LogP contribution is 2.22. The number of aliphatic hydroxyl groups is 1. The second-order valence-corrected chi connectivity index (χ2v) is 5.71. The van der Waals surface area contributed by atoms with Crippen LogP contribution in [0.5, 0.6) is 0 Å². The molecule has 0 spiro atoms. The van der Waals surface area contributed by atoms with Crippen molar-refractivity contribution in [3.8, 4) is 11.8 Å². The number of benzene rings is 1. The minimum absolute atomic E-state index is 0.0982. The third-order valence-corrected chi connectivity index (χ3v) is 3.27. The Bertz CT molecular complexity index is 896. The maximum Gasteiger partial charge on any atom is 0.271 e. The molecule has 2 aromatic rings. The topological polar surface area (TPSA) is 128 Å². The lowest BCUT2D eigenvalue weighted by molar-refractivity contribution is -0.121. The zero-order valence-corrected chi connectivity index (χ0v) is 14.7. The summed E-state index contributed by atoms with van der Waals surface area (Å²) in [7, 11) is 3.16. The summed E-state index contributed by atoms with van der Waals surface area (Å²) in [5.74, 6) is 5.58. The number of nitrogens with zero attached hydrogens (tertiary/aromatic N) is 3. The van der Waals surface area contributed by atoms with Crippen LogP contribution in [-0.4, -0.2) is 51.8 Å². The molecule has 5 N–H and O–H groups in total. The standard InChI is InChI=1S/C18H20N6O2/c1-11(25)4-5-12-6-7-13(16(19)17(26)24(2)3)14(10-12)22-15-8-9-21-18(20)23-15/h6-11,19,25H,1-3H3,(H3,20,21,22,23). The lowest BCUT2D eigenvalue weighted by Gasteiger charge is -2.15. The number of hydrogen-bond acceptors (Lipinski definition) is 7. The predicted molar refractivity (Wildman–Crippen MR) is 100 cm³/mol. The second-order valence-electron chi connectivity index (χ2n) is 5.71. The number of amides is 1. The van der Waals surface area contributed by atoms with Crippen LogP contribution in [0.3, 0.4) is 0 Å². The summed E-state index contributed by atoms with van der Waals surface area (Å²) >= 11 is 0. The highest BCUT2D eigenvalue weighted by Gasteiger charge is 2.18. The van der Waals surface area contributed by atoms with Crippen molar-refractivity contribution >= 4 is 29.1 Å². The molecule has 0 saturated heterocycles. The monoisotopic (exact) mass is 352 g/mol. The number of nitrogens with two attached hydrogens (primary N) is 1. The molecule has 0 saturated carbocycles. The maximum absolute atomic E-state index is 12.2. The van der Waals surface area contributed by atoms with Gasteiger partial charge in [0.2, 0.25) is 5.95 Å². The van der Waals surface area contributed by atoms with Gasteiger partial charge in [0.05, 0.1) is 5.69 Å². The van der Waals surface area contributed by atoms with E-state index in [1.807, 2.05) is 0 Å². The smallest absolute Gasteiger partial charge is 0.271 e. The molecule has 1 aromatic carbocycles. The van der Waals surface area contributed by atoms with Gasteiger partial charge in [-0.1, -0.05) is 11.8 Å². The van der Waals surface area contributed by atoms with E-state index in [-0.39, 0.29) is 11.7 Å². The van der Waals surface area contributed by atoms with Crippen molar-refractivity contribution in [3.63, 3.8) is 0 Å². The fourth-order valence-electron chi connectivity index (χ4n) is 2.05. The Balaban J connectivity index is 2.48. The van der Waals surface area contributed by atoms with Crippen molar-refractivity contribution < 1.29 is 9.90 Å². The molecule has 1 aromatic heterocycles. The quantitative estimate of drug-likeness (QED) is 0.480. The fraction of sp³-hybridized carbons (Fsp3) is 0.222. The Morgan fingerprint density at radius 1 is 1.38 bits per heavy atom. The van der Waals surface area contributed by atoms with E-state index in [1.54, 1.807) is 45.3 Å². The fourth-order valence-corrected chi connectivity index (χ4v) is 2.05. The van der Waals surface area contributed by atoms with E-state index in [0.717, 1.165) is 0 Å². The van der Waals surface area contributed by atoms with E-state index in [9.17, 15) is 9.90 Å². The van der Waals surface area contributed by atoms with Gasteiger partial charge in [0.1, 0.15) is 17.6 Å². The average Bonchev–Trinajstić information content (AvgIpc) is 2.58. The van der Waals surface area contributed by atoms with Crippen LogP contribution >= 0.6 is 0 Å². The number of anilines is 3. The zero-order chi connectivity index (χ0) is 19.3. The molecule has 0 fully saturated rings. The lowest BCUT2D eigenvalue weighted by Crippen LogP contribution is -2.30. The number of nitrogen functional groups attached to an aromatic ring is 1. The van der Waals surface area contributed by atoms with Gasteiger partial charge in [0.25, 0.3) is 5.91 Å². The predicted octanol–water partition coefficient (Wildman–Crippen LogP) is 0.991. The van der Waals surface area contributed by atoms with Crippen molar-refractivity contribution in [1.29, 1.82) is 5.41 Å². The molecule has 1 heterocycles. The van der Waals surface area contributed by atoms with Gasteiger partial charge in [-0.05, 0) is 31.2 Å². The first-order chi connectivity index (χ1) is 12.3. The van der Waals surface area contributed by atoms with Crippen LogP contribution < -0.4 is 11.1 Å². The van der Waals surface area contributed by atoms with Gasteiger partial charge in [-0.2, -0.15) is 4.98 Å². The first kappa shape index (κ1) is 18.9. The number of nitrogens with one attached hydrogen (secondary N) is 2. The van der Waals surface area contributed by atoms with Gasteiger partial charge in [0.15, 0.2) is 0 Å². The number of likely N-dealkylation sites (N-methyl/N-ethyl adjacent to an activating group) is 1. The van der Waals surface area contributed by atoms with Crippen molar-refractivity contribution in [2.75, 3.05) is 25.1 Å². The molecular formula is C18H20N6O2. The Morgan fingerprint density at radius 2 is 2.12 bits per heavy atom. The Kier molecular flexibility index (Phi) is 5.88. The van der Waals surface area contributed by atoms with E-state index < -0.39 is 12.0 Å². The largest absolute Gasteiger partial charge is 0.381 e. The molecule has 8 heteroatoms. The van der Waals surface area contributed by atoms with Gasteiger partial charge >= 0.3 is 0 Å². The van der Waals surface area contributed by atoms with Crippen molar-refractivity contribution in [2.24, 2.45) is 0 Å². The molecule has 1 amide bonds. The van der Waals surface area contributed by atoms with Crippen LogP contribution in [0.25, 0.3) is 0 Å². The molecule has 0 aliphatic rings. The lowest BCUT2D eigenvalue weighted by atomic mass is 10.0. The number of aromatic nitrogens is 2. The molecule has 26 heavy (non-hydrogen) atoms. The van der Waals surface area contributed by atoms with Crippen LogP contribution in [-0.2, 0) is 4.79 Å². The van der Waals surface area contributed by atoms with Gasteiger partial charge < -0.3 is 21.1 Å². The molecule has 2 rings (SSSR count). The molecule has 8 nitrogen and oxygen atoms in total. The summed E-state index contributed by atoms with van der Waals surface area (Å²) < 4.78 is 0. The van der Waals surface area contributed by atoms with E-state index >= 15 is 0 Å². The number of hydrogen-bond donors (Lipinski definition) is 4. The van der Waals surface area contributed by atoms with Gasteiger partial charge in [-0.3, -0.25) is 10.2 Å². The SMILES string of the molecule is CC(O)C#Cc1ccc(C(=N)C(=O)N(C)C)c(Nc2ccnc(N)n2)c1. The van der Waals surface area contributed by atoms with E-state index in [1.165, 1.54) is 11.1 Å². The van der Waals surface area contributed by atoms with Crippen molar-refractivity contribution in [2.45, 2.75) is 13.0 Å². The number of rotatable bonds is 4. The minimum atomic E-state index is -0.763. The minimum Gasteiger partial charge on any atom is -0.381 e. The Labute approximate surface area is 151 Å². The highest BCUT2D eigenvalue weighted by atomic mass is 16.3. The Morgan fingerprint density at radius 3 is 2.73 bits per heavy atom. The molecule has 134 valence electrons. The maximum atomic E-state index is 12.2. The number of aliphatic hydroxyl groups excluding tert-OH is 1. The normalized spacial score (nSPS) is 11.1. The molecule has 0 bridgehead atoms. The van der Waals surface area contributed by atoms with Crippen LogP contribution in [0.4, 0.5) is 17.5 Å². The van der Waals surface area contributed by atoms with Crippen molar-refractivity contribution in [3.05, 3.63) is 41.6 Å². The molecule has 0 aliphatic carbocycles. The van der Waals surface area contributed by atoms with E-state index in [0.29, 0.717) is 22.6 Å². The first-order valence-corrected chi connectivity index (χ1v) is 7.77. The van der Waals surface area contributed by atoms with Crippen LogP contribution in [0.15, 0.2) is 30.5 Å². The van der Waals surface area contributed by atoms with Crippen molar-refractivity contribution in [1.82, 2.24) is 14.9 Å². The van der Waals surface area contributed by atoms with Crippen LogP contribution in [0, 0.1) is 17.3 Å². The third kappa shape index (κ3) is 4.78. The van der Waals surface area contributed by atoms with Gasteiger partial charge in [0, 0.05) is 31.4 Å². The summed E-state index contributed by atoms with van der Waals surface area (Å²) in [6.07, 6.45) is 0.735. The highest BCUT2D eigenvalue weighted by molar-refractivity contribution is 6.45. The average molecular weight is 352 g/mol.